The highest BCUT2D eigenvalue weighted by Gasteiger charge is 2.22. The Labute approximate surface area is 183 Å². The molecule has 0 bridgehead atoms. The first-order chi connectivity index (χ1) is 15.2. The van der Waals surface area contributed by atoms with Gasteiger partial charge in [-0.3, -0.25) is 0 Å². The third kappa shape index (κ3) is 4.61. The third-order valence-electron chi connectivity index (χ3n) is 5.55. The van der Waals surface area contributed by atoms with Gasteiger partial charge in [0, 0.05) is 6.08 Å². The second kappa shape index (κ2) is 9.48. The summed E-state index contributed by atoms with van der Waals surface area (Å²) < 4.78 is 10.4. The molecular formula is C28H26O3. The zero-order chi connectivity index (χ0) is 21.6. The molecular weight excluding hydrogens is 384 g/mol. The molecule has 0 saturated heterocycles. The van der Waals surface area contributed by atoms with Crippen LogP contribution in [0.1, 0.15) is 41.2 Å². The number of hydrogen-bond acceptors (Lipinski definition) is 3. The molecule has 0 N–H and O–H groups in total. The largest absolute Gasteiger partial charge is 0.497 e. The van der Waals surface area contributed by atoms with Crippen LogP contribution in [0.3, 0.4) is 0 Å². The van der Waals surface area contributed by atoms with E-state index in [0.29, 0.717) is 6.61 Å². The third-order valence-corrected chi connectivity index (χ3v) is 5.55. The Morgan fingerprint density at radius 1 is 0.935 bits per heavy atom. The molecule has 0 heterocycles. The van der Waals surface area contributed by atoms with Gasteiger partial charge < -0.3 is 9.47 Å². The second-order valence-corrected chi connectivity index (χ2v) is 7.45. The van der Waals surface area contributed by atoms with E-state index in [1.807, 2.05) is 18.2 Å². The van der Waals surface area contributed by atoms with E-state index in [4.69, 9.17) is 9.47 Å². The molecule has 0 atom stereocenters. The van der Waals surface area contributed by atoms with E-state index in [9.17, 15) is 4.79 Å². The Hall–Kier alpha value is -3.59. The number of ether oxygens (including phenoxy) is 2. The van der Waals surface area contributed by atoms with Crippen LogP contribution >= 0.6 is 0 Å². The van der Waals surface area contributed by atoms with Crippen molar-refractivity contribution in [2.24, 2.45) is 0 Å². The summed E-state index contributed by atoms with van der Waals surface area (Å²) in [6.07, 6.45) is 5.22. The van der Waals surface area contributed by atoms with Crippen molar-refractivity contribution in [2.45, 2.75) is 19.8 Å². The van der Waals surface area contributed by atoms with E-state index in [-0.39, 0.29) is 5.97 Å². The molecule has 0 unspecified atom stereocenters. The van der Waals surface area contributed by atoms with Crippen LogP contribution < -0.4 is 4.74 Å². The molecule has 3 aromatic rings. The fraction of sp³-hybridized carbons (Fsp3) is 0.179. The fourth-order valence-corrected chi connectivity index (χ4v) is 4.07. The van der Waals surface area contributed by atoms with Crippen molar-refractivity contribution >= 4 is 23.2 Å². The van der Waals surface area contributed by atoms with Crippen LogP contribution in [0.25, 0.3) is 17.2 Å². The highest BCUT2D eigenvalue weighted by molar-refractivity contribution is 6.01. The molecule has 3 nitrogen and oxygen atoms in total. The number of esters is 1. The maximum absolute atomic E-state index is 11.6. The summed E-state index contributed by atoms with van der Waals surface area (Å²) >= 11 is 0. The van der Waals surface area contributed by atoms with Crippen LogP contribution in [0.4, 0.5) is 0 Å². The van der Waals surface area contributed by atoms with Crippen molar-refractivity contribution in [3.63, 3.8) is 0 Å². The average molecular weight is 411 g/mol. The van der Waals surface area contributed by atoms with Crippen molar-refractivity contribution in [2.75, 3.05) is 13.7 Å². The molecule has 0 aromatic heterocycles. The Bertz CT molecular complexity index is 1120. The van der Waals surface area contributed by atoms with Gasteiger partial charge in [0.05, 0.1) is 13.7 Å². The van der Waals surface area contributed by atoms with E-state index in [0.717, 1.165) is 24.2 Å². The lowest BCUT2D eigenvalue weighted by molar-refractivity contribution is -0.137. The first kappa shape index (κ1) is 20.7. The van der Waals surface area contributed by atoms with Crippen molar-refractivity contribution in [1.29, 1.82) is 0 Å². The van der Waals surface area contributed by atoms with E-state index in [2.05, 4.69) is 54.6 Å². The van der Waals surface area contributed by atoms with Gasteiger partial charge in [0.1, 0.15) is 5.75 Å². The van der Waals surface area contributed by atoms with Gasteiger partial charge in [0.15, 0.2) is 0 Å². The standard InChI is InChI=1S/C28H26O3/c1-3-31-27(29)18-11-20-9-12-22(13-10-20)28-25(21-7-5-4-6-8-21)16-14-23-19-24(30-2)15-17-26(23)28/h4-13,15,17-19H,3,14,16H2,1-2H3/b18-11+. The number of benzene rings is 3. The highest BCUT2D eigenvalue weighted by atomic mass is 16.5. The van der Waals surface area contributed by atoms with Gasteiger partial charge in [-0.05, 0) is 76.9 Å². The minimum Gasteiger partial charge on any atom is -0.497 e. The summed E-state index contributed by atoms with van der Waals surface area (Å²) in [5.74, 6) is 0.566. The molecule has 3 aromatic carbocycles. The van der Waals surface area contributed by atoms with Gasteiger partial charge in [0.2, 0.25) is 0 Å². The molecule has 4 rings (SSSR count). The zero-order valence-electron chi connectivity index (χ0n) is 17.9. The van der Waals surface area contributed by atoms with Gasteiger partial charge in [-0.25, -0.2) is 4.79 Å². The monoisotopic (exact) mass is 410 g/mol. The van der Waals surface area contributed by atoms with E-state index < -0.39 is 0 Å². The summed E-state index contributed by atoms with van der Waals surface area (Å²) in [6.45, 7) is 2.18. The molecule has 1 aliphatic carbocycles. The van der Waals surface area contributed by atoms with Crippen LogP contribution in [-0.2, 0) is 16.0 Å². The van der Waals surface area contributed by atoms with E-state index in [1.54, 1.807) is 20.1 Å². The van der Waals surface area contributed by atoms with Crippen LogP contribution in [0.2, 0.25) is 0 Å². The van der Waals surface area contributed by atoms with Gasteiger partial charge >= 0.3 is 5.97 Å². The quantitative estimate of drug-likeness (QED) is 0.360. The number of fused-ring (bicyclic) bond motifs is 1. The number of allylic oxidation sites excluding steroid dienone is 1. The summed E-state index contributed by atoms with van der Waals surface area (Å²) in [4.78, 5) is 11.6. The number of hydrogen-bond donors (Lipinski definition) is 0. The second-order valence-electron chi connectivity index (χ2n) is 7.45. The first-order valence-electron chi connectivity index (χ1n) is 10.6. The molecule has 0 aliphatic heterocycles. The number of carbonyl (C=O) groups is 1. The summed E-state index contributed by atoms with van der Waals surface area (Å²) in [5, 5.41) is 0. The minimum absolute atomic E-state index is 0.323. The summed E-state index contributed by atoms with van der Waals surface area (Å²) in [5.41, 5.74) is 8.55. The van der Waals surface area contributed by atoms with Gasteiger partial charge in [-0.1, -0.05) is 60.7 Å². The van der Waals surface area contributed by atoms with Gasteiger partial charge in [-0.15, -0.1) is 0 Å². The molecule has 3 heteroatoms. The lowest BCUT2D eigenvalue weighted by Crippen LogP contribution is -2.06. The highest BCUT2D eigenvalue weighted by Crippen LogP contribution is 2.41. The summed E-state index contributed by atoms with van der Waals surface area (Å²) in [6, 6.07) is 25.3. The Morgan fingerprint density at radius 2 is 1.71 bits per heavy atom. The Balaban J connectivity index is 1.77. The van der Waals surface area contributed by atoms with Gasteiger partial charge in [-0.2, -0.15) is 0 Å². The molecule has 0 fully saturated rings. The molecule has 0 spiro atoms. The molecule has 0 amide bonds. The van der Waals surface area contributed by atoms with Crippen molar-refractivity contribution in [3.8, 4) is 5.75 Å². The Morgan fingerprint density at radius 3 is 2.42 bits per heavy atom. The normalized spacial score (nSPS) is 13.2. The van der Waals surface area contributed by atoms with E-state index in [1.165, 1.54) is 39.5 Å². The predicted octanol–water partition coefficient (Wildman–Crippen LogP) is 6.18. The lowest BCUT2D eigenvalue weighted by atomic mass is 9.79. The molecule has 156 valence electrons. The number of methoxy groups -OCH3 is 1. The lowest BCUT2D eigenvalue weighted by Gasteiger charge is -2.25. The molecule has 0 saturated carbocycles. The molecule has 31 heavy (non-hydrogen) atoms. The van der Waals surface area contributed by atoms with E-state index >= 15 is 0 Å². The SMILES string of the molecule is CCOC(=O)/C=C/c1ccc(C2=C(c3ccccc3)CCc3cc(OC)ccc32)cc1. The Kier molecular flexibility index (Phi) is 6.32. The van der Waals surface area contributed by atoms with Crippen LogP contribution in [0, 0.1) is 0 Å². The smallest absolute Gasteiger partial charge is 0.330 e. The van der Waals surface area contributed by atoms with Crippen LogP contribution in [0.5, 0.6) is 5.75 Å². The molecule has 0 radical (unpaired) electrons. The number of rotatable bonds is 6. The number of aryl methyl sites for hydroxylation is 1. The van der Waals surface area contributed by atoms with Crippen molar-refractivity contribution in [1.82, 2.24) is 0 Å². The van der Waals surface area contributed by atoms with Gasteiger partial charge in [0.25, 0.3) is 0 Å². The number of carbonyl (C=O) groups excluding carboxylic acids is 1. The van der Waals surface area contributed by atoms with Crippen molar-refractivity contribution < 1.29 is 14.3 Å². The van der Waals surface area contributed by atoms with Crippen molar-refractivity contribution in [3.05, 3.63) is 107 Å². The predicted molar refractivity (Wildman–Crippen MR) is 126 cm³/mol. The average Bonchev–Trinajstić information content (AvgIpc) is 2.83. The first-order valence-corrected chi connectivity index (χ1v) is 10.6. The maximum Gasteiger partial charge on any atom is 0.330 e. The topological polar surface area (TPSA) is 35.5 Å². The minimum atomic E-state index is -0.323. The maximum atomic E-state index is 11.6. The zero-order valence-corrected chi connectivity index (χ0v) is 17.9. The van der Waals surface area contributed by atoms with Crippen LogP contribution in [-0.4, -0.2) is 19.7 Å². The summed E-state index contributed by atoms with van der Waals surface area (Å²) in [7, 11) is 1.71. The molecule has 1 aliphatic rings. The fourth-order valence-electron chi connectivity index (χ4n) is 4.07. The van der Waals surface area contributed by atoms with Crippen LogP contribution in [0.15, 0.2) is 78.9 Å².